The molecule has 4 nitrogen and oxygen atoms in total. The molecule has 0 radical (unpaired) electrons. The van der Waals surface area contributed by atoms with Crippen molar-refractivity contribution in [2.24, 2.45) is 11.8 Å². The zero-order chi connectivity index (χ0) is 18.5. The van der Waals surface area contributed by atoms with Crippen LogP contribution in [0.25, 0.3) is 0 Å². The Morgan fingerprint density at radius 2 is 2.12 bits per heavy atom. The zero-order valence-electron chi connectivity index (χ0n) is 15.5. The van der Waals surface area contributed by atoms with Gasteiger partial charge in [0.05, 0.1) is 13.2 Å². The van der Waals surface area contributed by atoms with E-state index in [4.69, 9.17) is 0 Å². The quantitative estimate of drug-likeness (QED) is 0.327. The van der Waals surface area contributed by atoms with E-state index in [1.165, 1.54) is 7.11 Å². The van der Waals surface area contributed by atoms with Gasteiger partial charge in [0.1, 0.15) is 0 Å². The molecule has 1 rings (SSSR count). The second-order valence-corrected chi connectivity index (χ2v) is 6.57. The first kappa shape index (κ1) is 21.4. The van der Waals surface area contributed by atoms with Crippen LogP contribution in [0.2, 0.25) is 0 Å². The highest BCUT2D eigenvalue weighted by Crippen LogP contribution is 2.27. The molecule has 3 unspecified atom stereocenters. The highest BCUT2D eigenvalue weighted by Gasteiger charge is 2.27. The van der Waals surface area contributed by atoms with Gasteiger partial charge in [-0.1, -0.05) is 56.6 Å². The van der Waals surface area contributed by atoms with E-state index in [1.54, 1.807) is 6.08 Å². The second-order valence-electron chi connectivity index (χ2n) is 6.57. The molecule has 0 amide bonds. The maximum absolute atomic E-state index is 12.0. The molecule has 0 bridgehead atoms. The van der Waals surface area contributed by atoms with Crippen molar-refractivity contribution in [1.29, 1.82) is 0 Å². The third kappa shape index (κ3) is 8.82. The predicted octanol–water partition coefficient (Wildman–Crippen LogP) is 4.14. The first-order valence-electron chi connectivity index (χ1n) is 9.38. The number of ketones is 1. The summed E-state index contributed by atoms with van der Waals surface area (Å²) >= 11 is 0. The normalized spacial score (nSPS) is 21.5. The van der Waals surface area contributed by atoms with Crippen LogP contribution in [-0.4, -0.2) is 30.1 Å². The summed E-state index contributed by atoms with van der Waals surface area (Å²) in [6.45, 7) is 2.14. The van der Waals surface area contributed by atoms with E-state index in [0.717, 1.165) is 38.5 Å². The maximum atomic E-state index is 12.0. The Hall–Kier alpha value is -1.68. The van der Waals surface area contributed by atoms with E-state index in [-0.39, 0.29) is 23.6 Å². The maximum Gasteiger partial charge on any atom is 0.305 e. The molecule has 0 aromatic heterocycles. The molecule has 1 aliphatic carbocycles. The molecule has 4 heteroatoms. The van der Waals surface area contributed by atoms with E-state index in [1.807, 2.05) is 30.4 Å². The third-order valence-corrected chi connectivity index (χ3v) is 4.51. The van der Waals surface area contributed by atoms with Gasteiger partial charge in [-0.15, -0.1) is 0 Å². The Morgan fingerprint density at radius 3 is 2.84 bits per heavy atom. The Balaban J connectivity index is 2.36. The van der Waals surface area contributed by atoms with Crippen LogP contribution in [0.4, 0.5) is 0 Å². The standard InChI is InChI=1S/C21H32O4/c1-3-4-7-10-18(22)15-13-17-14-16-20(23)19(17)11-8-5-6-9-12-21(24)25-2/h5,8,13-19,22H,3-4,6-7,9-12H2,1-2H3/b8-5+,15-13-. The van der Waals surface area contributed by atoms with Gasteiger partial charge < -0.3 is 9.84 Å². The lowest BCUT2D eigenvalue weighted by molar-refractivity contribution is -0.140. The molecule has 0 spiro atoms. The molecular weight excluding hydrogens is 316 g/mol. The molecule has 1 aliphatic rings. The lowest BCUT2D eigenvalue weighted by atomic mass is 9.90. The molecule has 140 valence electrons. The molecular formula is C21H32O4. The van der Waals surface area contributed by atoms with Crippen molar-refractivity contribution < 1.29 is 19.4 Å². The predicted molar refractivity (Wildman–Crippen MR) is 100 cm³/mol. The molecule has 0 saturated heterocycles. The van der Waals surface area contributed by atoms with E-state index in [2.05, 4.69) is 11.7 Å². The average Bonchev–Trinajstić information content (AvgIpc) is 2.96. The van der Waals surface area contributed by atoms with Crippen molar-refractivity contribution in [3.05, 3.63) is 36.5 Å². The summed E-state index contributed by atoms with van der Waals surface area (Å²) in [6.07, 6.45) is 17.7. The van der Waals surface area contributed by atoms with Gasteiger partial charge in [0.25, 0.3) is 0 Å². The van der Waals surface area contributed by atoms with Crippen LogP contribution in [0.5, 0.6) is 0 Å². The van der Waals surface area contributed by atoms with Gasteiger partial charge in [-0.3, -0.25) is 9.59 Å². The van der Waals surface area contributed by atoms with E-state index in [9.17, 15) is 14.7 Å². The number of hydrogen-bond acceptors (Lipinski definition) is 4. The van der Waals surface area contributed by atoms with Crippen molar-refractivity contribution in [2.45, 2.75) is 64.4 Å². The van der Waals surface area contributed by atoms with Gasteiger partial charge in [0.2, 0.25) is 0 Å². The minimum atomic E-state index is -0.426. The summed E-state index contributed by atoms with van der Waals surface area (Å²) < 4.78 is 4.60. The van der Waals surface area contributed by atoms with Crippen molar-refractivity contribution in [2.75, 3.05) is 7.11 Å². The largest absolute Gasteiger partial charge is 0.469 e. The Bertz CT molecular complexity index is 490. The van der Waals surface area contributed by atoms with Crippen molar-refractivity contribution in [1.82, 2.24) is 0 Å². The Labute approximate surface area is 151 Å². The number of hydrogen-bond donors (Lipinski definition) is 1. The van der Waals surface area contributed by atoms with Crippen molar-refractivity contribution in [3.63, 3.8) is 0 Å². The van der Waals surface area contributed by atoms with Gasteiger partial charge in [-0.05, 0) is 31.8 Å². The second kappa shape index (κ2) is 12.6. The molecule has 0 aliphatic heterocycles. The fourth-order valence-electron chi connectivity index (χ4n) is 2.91. The number of ether oxygens (including phenoxy) is 1. The molecule has 0 aromatic carbocycles. The van der Waals surface area contributed by atoms with Crippen LogP contribution in [0.3, 0.4) is 0 Å². The number of carbonyl (C=O) groups excluding carboxylic acids is 2. The number of esters is 1. The molecule has 0 fully saturated rings. The summed E-state index contributed by atoms with van der Waals surface area (Å²) in [5.74, 6) is -0.0513. The van der Waals surface area contributed by atoms with Crippen LogP contribution in [0.15, 0.2) is 36.5 Å². The molecule has 25 heavy (non-hydrogen) atoms. The van der Waals surface area contributed by atoms with Crippen molar-refractivity contribution in [3.8, 4) is 0 Å². The fourth-order valence-corrected chi connectivity index (χ4v) is 2.91. The number of aliphatic hydroxyl groups excluding tert-OH is 1. The van der Waals surface area contributed by atoms with Crippen molar-refractivity contribution >= 4 is 11.8 Å². The van der Waals surface area contributed by atoms with E-state index < -0.39 is 6.10 Å². The van der Waals surface area contributed by atoms with Gasteiger partial charge in [-0.2, -0.15) is 0 Å². The SMILES string of the molecule is CCCCCC(O)/C=C\C1C=CC(=O)C1C/C=C/CCCC(=O)OC. The van der Waals surface area contributed by atoms with E-state index >= 15 is 0 Å². The number of carbonyl (C=O) groups is 2. The summed E-state index contributed by atoms with van der Waals surface area (Å²) in [5, 5.41) is 9.98. The molecule has 0 heterocycles. The molecule has 0 saturated carbocycles. The minimum Gasteiger partial charge on any atom is -0.469 e. The Kier molecular flexibility index (Phi) is 10.8. The monoisotopic (exact) mass is 348 g/mol. The number of allylic oxidation sites excluding steroid dienone is 5. The first-order chi connectivity index (χ1) is 12.1. The van der Waals surface area contributed by atoms with Crippen LogP contribution in [0, 0.1) is 11.8 Å². The molecule has 3 atom stereocenters. The number of unbranched alkanes of at least 4 members (excludes halogenated alkanes) is 3. The lowest BCUT2D eigenvalue weighted by Gasteiger charge is -2.13. The van der Waals surface area contributed by atoms with Gasteiger partial charge >= 0.3 is 5.97 Å². The highest BCUT2D eigenvalue weighted by molar-refractivity contribution is 5.95. The lowest BCUT2D eigenvalue weighted by Crippen LogP contribution is -2.14. The molecule has 1 N–H and O–H groups in total. The Morgan fingerprint density at radius 1 is 1.32 bits per heavy atom. The highest BCUT2D eigenvalue weighted by atomic mass is 16.5. The minimum absolute atomic E-state index is 0.0630. The van der Waals surface area contributed by atoms with Crippen LogP contribution < -0.4 is 0 Å². The summed E-state index contributed by atoms with van der Waals surface area (Å²) in [6, 6.07) is 0. The van der Waals surface area contributed by atoms with Crippen LogP contribution >= 0.6 is 0 Å². The average molecular weight is 348 g/mol. The zero-order valence-corrected chi connectivity index (χ0v) is 15.5. The molecule has 0 aromatic rings. The number of aliphatic hydroxyl groups is 1. The topological polar surface area (TPSA) is 63.6 Å². The summed E-state index contributed by atoms with van der Waals surface area (Å²) in [7, 11) is 1.39. The summed E-state index contributed by atoms with van der Waals surface area (Å²) in [5.41, 5.74) is 0. The van der Waals surface area contributed by atoms with Gasteiger partial charge in [0.15, 0.2) is 5.78 Å². The van der Waals surface area contributed by atoms with Crippen LogP contribution in [-0.2, 0) is 14.3 Å². The number of rotatable bonds is 12. The number of methoxy groups -OCH3 is 1. The summed E-state index contributed by atoms with van der Waals surface area (Å²) in [4.78, 5) is 23.0. The third-order valence-electron chi connectivity index (χ3n) is 4.51. The van der Waals surface area contributed by atoms with E-state index in [0.29, 0.717) is 12.8 Å². The van der Waals surface area contributed by atoms with Crippen LogP contribution in [0.1, 0.15) is 58.3 Å². The smallest absolute Gasteiger partial charge is 0.305 e. The fraction of sp³-hybridized carbons (Fsp3) is 0.619. The van der Waals surface area contributed by atoms with Gasteiger partial charge in [0, 0.05) is 18.3 Å². The van der Waals surface area contributed by atoms with Gasteiger partial charge in [-0.25, -0.2) is 0 Å². The first-order valence-corrected chi connectivity index (χ1v) is 9.38.